The third kappa shape index (κ3) is 2.77. The first kappa shape index (κ1) is 12.4. The van der Waals surface area contributed by atoms with E-state index in [1.807, 2.05) is 6.92 Å². The maximum absolute atomic E-state index is 12.0. The highest BCUT2D eigenvalue weighted by molar-refractivity contribution is 6.30. The van der Waals surface area contributed by atoms with Crippen LogP contribution < -0.4 is 10.6 Å². The summed E-state index contributed by atoms with van der Waals surface area (Å²) in [7, 11) is 0. The molecule has 0 unspecified atom stereocenters. The summed E-state index contributed by atoms with van der Waals surface area (Å²) in [5, 5.41) is 16.0. The maximum Gasteiger partial charge on any atom is 0.251 e. The van der Waals surface area contributed by atoms with Gasteiger partial charge in [-0.15, -0.1) is 0 Å². The zero-order chi connectivity index (χ0) is 12.4. The average Bonchev–Trinajstić information content (AvgIpc) is 2.64. The van der Waals surface area contributed by atoms with E-state index < -0.39 is 6.10 Å². The van der Waals surface area contributed by atoms with Crippen molar-refractivity contribution < 1.29 is 9.90 Å². The van der Waals surface area contributed by atoms with E-state index in [4.69, 9.17) is 11.6 Å². The van der Waals surface area contributed by atoms with E-state index in [1.54, 1.807) is 18.2 Å². The SMILES string of the molecule is Cc1cc(Cl)ccc1C(=O)N[C@@H]1CNC[C@H]1O. The summed E-state index contributed by atoms with van der Waals surface area (Å²) in [4.78, 5) is 12.0. The fourth-order valence-electron chi connectivity index (χ4n) is 1.94. The first-order valence-corrected chi connectivity index (χ1v) is 5.91. The van der Waals surface area contributed by atoms with Crippen LogP contribution in [-0.4, -0.2) is 36.2 Å². The van der Waals surface area contributed by atoms with Crippen LogP contribution in [0.25, 0.3) is 0 Å². The summed E-state index contributed by atoms with van der Waals surface area (Å²) in [6.07, 6.45) is -0.522. The van der Waals surface area contributed by atoms with Crippen LogP contribution in [-0.2, 0) is 0 Å². The molecule has 1 aliphatic rings. The van der Waals surface area contributed by atoms with Crippen LogP contribution in [0.3, 0.4) is 0 Å². The molecular weight excluding hydrogens is 240 g/mol. The molecule has 0 saturated carbocycles. The Morgan fingerprint density at radius 1 is 1.53 bits per heavy atom. The molecule has 2 atom stereocenters. The number of carbonyl (C=O) groups excluding carboxylic acids is 1. The topological polar surface area (TPSA) is 61.4 Å². The van der Waals surface area contributed by atoms with Crippen LogP contribution in [0.4, 0.5) is 0 Å². The number of aryl methyl sites for hydroxylation is 1. The first-order chi connectivity index (χ1) is 8.08. The Morgan fingerprint density at radius 2 is 2.29 bits per heavy atom. The highest BCUT2D eigenvalue weighted by Gasteiger charge is 2.26. The molecule has 0 radical (unpaired) electrons. The zero-order valence-corrected chi connectivity index (χ0v) is 10.3. The summed E-state index contributed by atoms with van der Waals surface area (Å²) in [6.45, 7) is 2.95. The van der Waals surface area contributed by atoms with Crippen molar-refractivity contribution in [3.05, 3.63) is 34.3 Å². The summed E-state index contributed by atoms with van der Waals surface area (Å²) >= 11 is 5.83. The van der Waals surface area contributed by atoms with Crippen molar-refractivity contribution in [3.63, 3.8) is 0 Å². The lowest BCUT2D eigenvalue weighted by atomic mass is 10.1. The second-order valence-corrected chi connectivity index (χ2v) is 4.70. The van der Waals surface area contributed by atoms with E-state index in [9.17, 15) is 9.90 Å². The van der Waals surface area contributed by atoms with Gasteiger partial charge in [-0.05, 0) is 30.7 Å². The lowest BCUT2D eigenvalue weighted by Crippen LogP contribution is -2.42. The molecule has 1 aliphatic heterocycles. The predicted molar refractivity (Wildman–Crippen MR) is 66.3 cm³/mol. The van der Waals surface area contributed by atoms with Gasteiger partial charge in [0, 0.05) is 23.7 Å². The zero-order valence-electron chi connectivity index (χ0n) is 9.53. The minimum atomic E-state index is -0.522. The normalized spacial score (nSPS) is 23.7. The first-order valence-electron chi connectivity index (χ1n) is 5.53. The van der Waals surface area contributed by atoms with Crippen LogP contribution in [0.1, 0.15) is 15.9 Å². The third-order valence-electron chi connectivity index (χ3n) is 2.93. The summed E-state index contributed by atoms with van der Waals surface area (Å²) < 4.78 is 0. The van der Waals surface area contributed by atoms with E-state index in [0.717, 1.165) is 5.56 Å². The summed E-state index contributed by atoms with van der Waals surface area (Å²) in [5.74, 6) is -0.174. The van der Waals surface area contributed by atoms with E-state index >= 15 is 0 Å². The smallest absolute Gasteiger partial charge is 0.251 e. The van der Waals surface area contributed by atoms with Crippen molar-refractivity contribution in [2.24, 2.45) is 0 Å². The van der Waals surface area contributed by atoms with Crippen molar-refractivity contribution in [3.8, 4) is 0 Å². The van der Waals surface area contributed by atoms with Crippen molar-refractivity contribution in [2.75, 3.05) is 13.1 Å². The number of β-amino-alcohol motifs (C(OH)–C–C–N with tert-alkyl or cyclic N) is 1. The van der Waals surface area contributed by atoms with Gasteiger partial charge in [-0.25, -0.2) is 0 Å². The van der Waals surface area contributed by atoms with Gasteiger partial charge < -0.3 is 15.7 Å². The molecule has 3 N–H and O–H groups in total. The van der Waals surface area contributed by atoms with Gasteiger partial charge in [-0.3, -0.25) is 4.79 Å². The number of rotatable bonds is 2. The summed E-state index contributed by atoms with van der Waals surface area (Å²) in [6, 6.07) is 4.91. The van der Waals surface area contributed by atoms with Crippen LogP contribution >= 0.6 is 11.6 Å². The minimum Gasteiger partial charge on any atom is -0.390 e. The lowest BCUT2D eigenvalue weighted by molar-refractivity contribution is 0.0888. The van der Waals surface area contributed by atoms with E-state index in [0.29, 0.717) is 23.7 Å². The van der Waals surface area contributed by atoms with E-state index in [1.165, 1.54) is 0 Å². The fourth-order valence-corrected chi connectivity index (χ4v) is 2.17. The number of aliphatic hydroxyl groups is 1. The molecule has 0 aliphatic carbocycles. The molecule has 1 fully saturated rings. The Morgan fingerprint density at radius 3 is 2.88 bits per heavy atom. The quantitative estimate of drug-likeness (QED) is 0.729. The molecule has 1 amide bonds. The molecule has 92 valence electrons. The van der Waals surface area contributed by atoms with Crippen LogP contribution in [0.2, 0.25) is 5.02 Å². The Labute approximate surface area is 105 Å². The van der Waals surface area contributed by atoms with Gasteiger partial charge in [0.1, 0.15) is 0 Å². The molecule has 0 spiro atoms. The third-order valence-corrected chi connectivity index (χ3v) is 3.17. The van der Waals surface area contributed by atoms with Crippen molar-refractivity contribution in [1.82, 2.24) is 10.6 Å². The average molecular weight is 255 g/mol. The number of benzene rings is 1. The highest BCUT2D eigenvalue weighted by atomic mass is 35.5. The Bertz CT molecular complexity index is 437. The van der Waals surface area contributed by atoms with Gasteiger partial charge in [0.2, 0.25) is 0 Å². The molecule has 1 aromatic rings. The van der Waals surface area contributed by atoms with E-state index in [-0.39, 0.29) is 11.9 Å². The molecule has 1 saturated heterocycles. The van der Waals surface area contributed by atoms with E-state index in [2.05, 4.69) is 10.6 Å². The monoisotopic (exact) mass is 254 g/mol. The predicted octanol–water partition coefficient (Wildman–Crippen LogP) is 0.711. The number of hydrogen-bond donors (Lipinski definition) is 3. The Balaban J connectivity index is 2.09. The Kier molecular flexibility index (Phi) is 3.66. The molecular formula is C12H15ClN2O2. The molecule has 5 heteroatoms. The highest BCUT2D eigenvalue weighted by Crippen LogP contribution is 2.15. The van der Waals surface area contributed by atoms with Gasteiger partial charge in [-0.1, -0.05) is 11.6 Å². The summed E-state index contributed by atoms with van der Waals surface area (Å²) in [5.41, 5.74) is 1.42. The standard InChI is InChI=1S/C12H15ClN2O2/c1-7-4-8(13)2-3-9(7)12(17)15-10-5-14-6-11(10)16/h2-4,10-11,14,16H,5-6H2,1H3,(H,15,17)/t10-,11-/m1/s1. The number of nitrogens with one attached hydrogen (secondary N) is 2. The van der Waals surface area contributed by atoms with Crippen LogP contribution in [0.15, 0.2) is 18.2 Å². The molecule has 1 aromatic carbocycles. The maximum atomic E-state index is 12.0. The Hall–Kier alpha value is -1.10. The van der Waals surface area contributed by atoms with Gasteiger partial charge in [0.15, 0.2) is 0 Å². The lowest BCUT2D eigenvalue weighted by Gasteiger charge is -2.16. The number of halogens is 1. The van der Waals surface area contributed by atoms with Gasteiger partial charge in [0.25, 0.3) is 5.91 Å². The van der Waals surface area contributed by atoms with Crippen molar-refractivity contribution in [1.29, 1.82) is 0 Å². The largest absolute Gasteiger partial charge is 0.390 e. The van der Waals surface area contributed by atoms with Crippen LogP contribution in [0, 0.1) is 6.92 Å². The van der Waals surface area contributed by atoms with Gasteiger partial charge in [0.05, 0.1) is 12.1 Å². The second kappa shape index (κ2) is 5.04. The van der Waals surface area contributed by atoms with Gasteiger partial charge in [-0.2, -0.15) is 0 Å². The van der Waals surface area contributed by atoms with Crippen molar-refractivity contribution in [2.45, 2.75) is 19.1 Å². The molecule has 2 rings (SSSR count). The molecule has 17 heavy (non-hydrogen) atoms. The number of carbonyl (C=O) groups is 1. The fraction of sp³-hybridized carbons (Fsp3) is 0.417. The second-order valence-electron chi connectivity index (χ2n) is 4.26. The van der Waals surface area contributed by atoms with Gasteiger partial charge >= 0.3 is 0 Å². The molecule has 0 aromatic heterocycles. The van der Waals surface area contributed by atoms with Crippen LogP contribution in [0.5, 0.6) is 0 Å². The number of aliphatic hydroxyl groups excluding tert-OH is 1. The number of hydrogen-bond acceptors (Lipinski definition) is 3. The van der Waals surface area contributed by atoms with Crippen molar-refractivity contribution >= 4 is 17.5 Å². The minimum absolute atomic E-state index is 0.174. The number of amides is 1. The molecule has 1 heterocycles. The molecule has 0 bridgehead atoms. The molecule has 4 nitrogen and oxygen atoms in total.